The lowest BCUT2D eigenvalue weighted by Crippen LogP contribution is -2.52. The summed E-state index contributed by atoms with van der Waals surface area (Å²) in [5.74, 6) is 0.00623. The number of methoxy groups -OCH3 is 1. The van der Waals surface area contributed by atoms with E-state index in [4.69, 9.17) is 16.3 Å². The van der Waals surface area contributed by atoms with Gasteiger partial charge in [0.15, 0.2) is 11.6 Å². The van der Waals surface area contributed by atoms with E-state index in [9.17, 15) is 9.18 Å². The molecule has 0 amide bonds. The molecule has 0 saturated carbocycles. The van der Waals surface area contributed by atoms with Crippen molar-refractivity contribution >= 4 is 29.3 Å². The van der Waals surface area contributed by atoms with Crippen molar-refractivity contribution < 1.29 is 13.9 Å². The number of anilines is 2. The van der Waals surface area contributed by atoms with E-state index in [2.05, 4.69) is 10.6 Å². The number of ether oxygens (including phenoxy) is 1. The molecule has 2 N–H and O–H groups in total. The average Bonchev–Trinajstić information content (AvgIpc) is 2.59. The van der Waals surface area contributed by atoms with Gasteiger partial charge < -0.3 is 20.2 Å². The maximum absolute atomic E-state index is 13.7. The van der Waals surface area contributed by atoms with Gasteiger partial charge in [-0.1, -0.05) is 12.1 Å². The van der Waals surface area contributed by atoms with E-state index in [-0.39, 0.29) is 17.7 Å². The predicted molar refractivity (Wildman–Crippen MR) is 99.1 cm³/mol. The number of carbonyl (C=O) groups is 1. The lowest BCUT2D eigenvalue weighted by molar-refractivity contribution is -0.109. The van der Waals surface area contributed by atoms with Gasteiger partial charge in [-0.2, -0.15) is 0 Å². The molecule has 1 unspecified atom stereocenters. The van der Waals surface area contributed by atoms with Crippen molar-refractivity contribution in [1.29, 1.82) is 0 Å². The number of alkyl halides is 1. The lowest BCUT2D eigenvalue weighted by Gasteiger charge is -2.40. The molecule has 2 aromatic carbocycles. The van der Waals surface area contributed by atoms with Gasteiger partial charge in [-0.25, -0.2) is 4.39 Å². The molecule has 132 valence electrons. The van der Waals surface area contributed by atoms with Crippen LogP contribution < -0.4 is 15.4 Å². The summed E-state index contributed by atoms with van der Waals surface area (Å²) in [5, 5.41) is 6.67. The molecular weight excluding hydrogens is 343 g/mol. The number of aldehydes is 1. The van der Waals surface area contributed by atoms with Crippen LogP contribution in [0.5, 0.6) is 5.75 Å². The Kier molecular flexibility index (Phi) is 4.60. The van der Waals surface area contributed by atoms with Crippen LogP contribution in [0, 0.1) is 5.82 Å². The second-order valence-corrected chi connectivity index (χ2v) is 6.87. The molecule has 1 aliphatic rings. The molecule has 1 aliphatic heterocycles. The van der Waals surface area contributed by atoms with E-state index in [1.807, 2.05) is 26.0 Å². The number of hydrogen-bond donors (Lipinski definition) is 2. The Balaban J connectivity index is 2.14. The fraction of sp³-hybridized carbons (Fsp3) is 0.316. The second-order valence-electron chi connectivity index (χ2n) is 6.60. The SMILES string of the molecule is COc1cc(-c2ccc3c(c2CCl)NC(C=O)C(C)(C)N3)ccc1F. The van der Waals surface area contributed by atoms with E-state index in [0.29, 0.717) is 0 Å². The van der Waals surface area contributed by atoms with Crippen molar-refractivity contribution in [1.82, 2.24) is 0 Å². The quantitative estimate of drug-likeness (QED) is 0.624. The molecule has 0 fully saturated rings. The summed E-state index contributed by atoms with van der Waals surface area (Å²) in [5.41, 5.74) is 3.78. The van der Waals surface area contributed by atoms with Gasteiger partial charge in [-0.15, -0.1) is 11.6 Å². The van der Waals surface area contributed by atoms with Crippen LogP contribution in [-0.2, 0) is 10.7 Å². The first-order valence-corrected chi connectivity index (χ1v) is 8.50. The van der Waals surface area contributed by atoms with Crippen LogP contribution in [0.2, 0.25) is 0 Å². The molecule has 0 spiro atoms. The fourth-order valence-corrected chi connectivity index (χ4v) is 3.40. The average molecular weight is 363 g/mol. The molecule has 3 rings (SSSR count). The molecule has 25 heavy (non-hydrogen) atoms. The first kappa shape index (κ1) is 17.5. The molecular formula is C19H20ClFN2O2. The van der Waals surface area contributed by atoms with Gasteiger partial charge in [0.25, 0.3) is 0 Å². The highest BCUT2D eigenvalue weighted by Crippen LogP contribution is 2.41. The van der Waals surface area contributed by atoms with Crippen molar-refractivity contribution in [2.24, 2.45) is 0 Å². The number of hydrogen-bond acceptors (Lipinski definition) is 4. The monoisotopic (exact) mass is 362 g/mol. The third-order valence-electron chi connectivity index (χ3n) is 4.58. The number of carbonyl (C=O) groups excluding carboxylic acids is 1. The Hall–Kier alpha value is -2.27. The maximum Gasteiger partial charge on any atom is 0.165 e. The van der Waals surface area contributed by atoms with Crippen molar-refractivity contribution in [3.8, 4) is 16.9 Å². The molecule has 0 aromatic heterocycles. The minimum Gasteiger partial charge on any atom is -0.494 e. The molecule has 2 aromatic rings. The Morgan fingerprint density at radius 1 is 1.32 bits per heavy atom. The van der Waals surface area contributed by atoms with Crippen molar-refractivity contribution in [3.63, 3.8) is 0 Å². The molecule has 0 radical (unpaired) electrons. The normalized spacial score (nSPS) is 17.9. The van der Waals surface area contributed by atoms with Crippen LogP contribution in [0.4, 0.5) is 15.8 Å². The molecule has 4 nitrogen and oxygen atoms in total. The van der Waals surface area contributed by atoms with Gasteiger partial charge in [-0.05, 0) is 48.7 Å². The first-order valence-electron chi connectivity index (χ1n) is 7.97. The highest BCUT2D eigenvalue weighted by molar-refractivity contribution is 6.18. The first-order chi connectivity index (χ1) is 11.9. The second kappa shape index (κ2) is 6.56. The summed E-state index contributed by atoms with van der Waals surface area (Å²) in [6.07, 6.45) is 0.890. The van der Waals surface area contributed by atoms with E-state index in [0.717, 1.165) is 34.4 Å². The van der Waals surface area contributed by atoms with E-state index >= 15 is 0 Å². The van der Waals surface area contributed by atoms with Gasteiger partial charge in [0.1, 0.15) is 12.3 Å². The molecule has 0 aliphatic carbocycles. The summed E-state index contributed by atoms with van der Waals surface area (Å²) in [7, 11) is 1.43. The van der Waals surface area contributed by atoms with E-state index in [1.54, 1.807) is 12.1 Å². The third kappa shape index (κ3) is 3.04. The number of fused-ring (bicyclic) bond motifs is 1. The van der Waals surface area contributed by atoms with E-state index < -0.39 is 11.4 Å². The number of halogens is 2. The Bertz CT molecular complexity index is 823. The molecule has 6 heteroatoms. The standard InChI is InChI=1S/C19H20ClFN2O2/c1-19(2)17(10-24)22-18-13(9-20)12(5-7-15(18)23-19)11-4-6-14(21)16(8-11)25-3/h4-8,10,17,22-23H,9H2,1-3H3. The zero-order chi connectivity index (χ0) is 18.2. The summed E-state index contributed by atoms with van der Waals surface area (Å²) in [4.78, 5) is 11.5. The number of nitrogens with one attached hydrogen (secondary N) is 2. The van der Waals surface area contributed by atoms with Crippen molar-refractivity contribution in [3.05, 3.63) is 41.7 Å². The number of rotatable bonds is 4. The van der Waals surface area contributed by atoms with Crippen LogP contribution in [0.15, 0.2) is 30.3 Å². The molecule has 0 saturated heterocycles. The highest BCUT2D eigenvalue weighted by atomic mass is 35.5. The van der Waals surface area contributed by atoms with Crippen LogP contribution in [0.1, 0.15) is 19.4 Å². The van der Waals surface area contributed by atoms with Crippen LogP contribution in [0.3, 0.4) is 0 Å². The van der Waals surface area contributed by atoms with E-state index in [1.165, 1.54) is 13.2 Å². The smallest absolute Gasteiger partial charge is 0.165 e. The number of benzene rings is 2. The van der Waals surface area contributed by atoms with Crippen molar-refractivity contribution in [2.45, 2.75) is 31.3 Å². The van der Waals surface area contributed by atoms with Crippen LogP contribution in [-0.4, -0.2) is 25.0 Å². The summed E-state index contributed by atoms with van der Waals surface area (Å²) >= 11 is 6.22. The van der Waals surface area contributed by atoms with Gasteiger partial charge in [0.2, 0.25) is 0 Å². The highest BCUT2D eigenvalue weighted by Gasteiger charge is 2.35. The molecule has 0 bridgehead atoms. The summed E-state index contributed by atoms with van der Waals surface area (Å²) < 4.78 is 18.8. The van der Waals surface area contributed by atoms with Crippen molar-refractivity contribution in [2.75, 3.05) is 17.7 Å². The predicted octanol–water partition coefficient (Wildman–Crippen LogP) is 4.42. The Morgan fingerprint density at radius 2 is 2.08 bits per heavy atom. The largest absolute Gasteiger partial charge is 0.494 e. The minimum absolute atomic E-state index is 0.175. The lowest BCUT2D eigenvalue weighted by atomic mass is 9.89. The van der Waals surface area contributed by atoms with Crippen LogP contribution in [0.25, 0.3) is 11.1 Å². The van der Waals surface area contributed by atoms with Crippen LogP contribution >= 0.6 is 11.6 Å². The van der Waals surface area contributed by atoms with Gasteiger partial charge >= 0.3 is 0 Å². The molecule has 1 atom stereocenters. The topological polar surface area (TPSA) is 50.4 Å². The zero-order valence-corrected chi connectivity index (χ0v) is 15.1. The Labute approximate surface area is 151 Å². The Morgan fingerprint density at radius 3 is 2.72 bits per heavy atom. The van der Waals surface area contributed by atoms with Gasteiger partial charge in [-0.3, -0.25) is 0 Å². The van der Waals surface area contributed by atoms with Gasteiger partial charge in [0, 0.05) is 0 Å². The summed E-state index contributed by atoms with van der Waals surface area (Å²) in [6.45, 7) is 3.92. The van der Waals surface area contributed by atoms with Gasteiger partial charge in [0.05, 0.1) is 29.9 Å². The summed E-state index contributed by atoms with van der Waals surface area (Å²) in [6, 6.07) is 8.19. The minimum atomic E-state index is -0.418. The third-order valence-corrected chi connectivity index (χ3v) is 4.85. The maximum atomic E-state index is 13.7. The zero-order valence-electron chi connectivity index (χ0n) is 14.3. The molecule has 1 heterocycles. The fourth-order valence-electron chi connectivity index (χ4n) is 3.12.